The minimum Gasteiger partial charge on any atom is -0.216 e. The van der Waals surface area contributed by atoms with Crippen molar-refractivity contribution in [1.29, 1.82) is 0 Å². The summed E-state index contributed by atoms with van der Waals surface area (Å²) in [7, 11) is -3.65. The highest BCUT2D eigenvalue weighted by Crippen LogP contribution is 2.17. The molecule has 0 bridgehead atoms. The summed E-state index contributed by atoms with van der Waals surface area (Å²) in [4.78, 5) is 0. The number of rotatable bonds is 3. The summed E-state index contributed by atoms with van der Waals surface area (Å²) >= 11 is 3.30. The zero-order chi connectivity index (χ0) is 10.8. The quantitative estimate of drug-likeness (QED) is 0.875. The molecule has 1 atom stereocenters. The van der Waals surface area contributed by atoms with Crippen molar-refractivity contribution in [2.24, 2.45) is 5.14 Å². The molecule has 1 aromatic carbocycles. The molecule has 0 unspecified atom stereocenters. The van der Waals surface area contributed by atoms with Crippen molar-refractivity contribution >= 4 is 26.1 Å². The average molecular weight is 279 g/mol. The van der Waals surface area contributed by atoms with Gasteiger partial charge >= 0.3 is 0 Å². The van der Waals surface area contributed by atoms with E-state index in [0.29, 0.717) is 0 Å². The van der Waals surface area contributed by atoms with Crippen molar-refractivity contribution in [1.82, 2.24) is 4.72 Å². The molecule has 0 aliphatic rings. The Kier molecular flexibility index (Phi) is 3.65. The minimum atomic E-state index is -3.65. The van der Waals surface area contributed by atoms with Gasteiger partial charge in [-0.05, 0) is 24.6 Å². The first-order chi connectivity index (χ1) is 6.38. The first-order valence-corrected chi connectivity index (χ1v) is 6.28. The third-order valence-corrected chi connectivity index (χ3v) is 2.87. The fourth-order valence-corrected chi connectivity index (χ4v) is 2.14. The first kappa shape index (κ1) is 11.6. The Morgan fingerprint density at radius 1 is 1.50 bits per heavy atom. The van der Waals surface area contributed by atoms with Crippen molar-refractivity contribution in [2.75, 3.05) is 0 Å². The van der Waals surface area contributed by atoms with Gasteiger partial charge in [0.1, 0.15) is 0 Å². The fraction of sp³-hybridized carbons (Fsp3) is 0.250. The summed E-state index contributed by atoms with van der Waals surface area (Å²) in [6, 6.07) is 7.03. The van der Waals surface area contributed by atoms with E-state index in [2.05, 4.69) is 20.7 Å². The van der Waals surface area contributed by atoms with Crippen molar-refractivity contribution in [3.05, 3.63) is 34.3 Å². The maximum absolute atomic E-state index is 10.8. The molecule has 14 heavy (non-hydrogen) atoms. The number of hydrogen-bond donors (Lipinski definition) is 2. The van der Waals surface area contributed by atoms with Gasteiger partial charge in [0.15, 0.2) is 0 Å². The molecule has 0 aliphatic carbocycles. The molecule has 4 nitrogen and oxygen atoms in total. The third kappa shape index (κ3) is 3.75. The Labute approximate surface area is 91.8 Å². The highest BCUT2D eigenvalue weighted by Gasteiger charge is 2.10. The topological polar surface area (TPSA) is 72.2 Å². The number of hydrogen-bond acceptors (Lipinski definition) is 2. The molecule has 0 heterocycles. The van der Waals surface area contributed by atoms with Crippen LogP contribution in [0.3, 0.4) is 0 Å². The zero-order valence-electron chi connectivity index (χ0n) is 7.57. The second-order valence-electron chi connectivity index (χ2n) is 2.94. The van der Waals surface area contributed by atoms with E-state index in [1.54, 1.807) is 6.92 Å². The smallest absolute Gasteiger partial charge is 0.216 e. The molecule has 0 spiro atoms. The van der Waals surface area contributed by atoms with Gasteiger partial charge < -0.3 is 0 Å². The van der Waals surface area contributed by atoms with E-state index < -0.39 is 10.2 Å². The summed E-state index contributed by atoms with van der Waals surface area (Å²) < 4.78 is 24.7. The van der Waals surface area contributed by atoms with E-state index in [4.69, 9.17) is 5.14 Å². The van der Waals surface area contributed by atoms with Crippen LogP contribution in [0.1, 0.15) is 18.5 Å². The maximum atomic E-state index is 10.8. The molecule has 1 rings (SSSR count). The van der Waals surface area contributed by atoms with E-state index in [9.17, 15) is 8.42 Å². The van der Waals surface area contributed by atoms with Gasteiger partial charge in [-0.25, -0.2) is 5.14 Å². The van der Waals surface area contributed by atoms with Crippen molar-refractivity contribution in [2.45, 2.75) is 13.0 Å². The van der Waals surface area contributed by atoms with Gasteiger partial charge in [-0.15, -0.1) is 0 Å². The largest absolute Gasteiger partial charge is 0.274 e. The van der Waals surface area contributed by atoms with Crippen LogP contribution >= 0.6 is 15.9 Å². The van der Waals surface area contributed by atoms with E-state index >= 15 is 0 Å². The first-order valence-electron chi connectivity index (χ1n) is 3.94. The molecule has 0 aromatic heterocycles. The predicted octanol–water partition coefficient (Wildman–Crippen LogP) is 1.30. The Balaban J connectivity index is 2.85. The Morgan fingerprint density at radius 2 is 2.14 bits per heavy atom. The van der Waals surface area contributed by atoms with Gasteiger partial charge in [-0.1, -0.05) is 28.1 Å². The summed E-state index contributed by atoms with van der Waals surface area (Å²) in [5, 5.41) is 4.86. The lowest BCUT2D eigenvalue weighted by Gasteiger charge is -2.12. The van der Waals surface area contributed by atoms with Crippen LogP contribution in [-0.2, 0) is 10.2 Å². The maximum Gasteiger partial charge on any atom is 0.274 e. The summed E-state index contributed by atoms with van der Waals surface area (Å²) in [6.07, 6.45) is 0. The number of nitrogens with two attached hydrogens (primary N) is 1. The summed E-state index contributed by atoms with van der Waals surface area (Å²) in [5.41, 5.74) is 0.855. The molecule has 0 fully saturated rings. The number of halogens is 1. The van der Waals surface area contributed by atoms with Crippen LogP contribution < -0.4 is 9.86 Å². The highest BCUT2D eigenvalue weighted by atomic mass is 79.9. The van der Waals surface area contributed by atoms with Crippen molar-refractivity contribution in [3.8, 4) is 0 Å². The van der Waals surface area contributed by atoms with Crippen LogP contribution in [0.25, 0.3) is 0 Å². The minimum absolute atomic E-state index is 0.331. The summed E-state index contributed by atoms with van der Waals surface area (Å²) in [5.74, 6) is 0. The van der Waals surface area contributed by atoms with Gasteiger partial charge in [0.05, 0.1) is 0 Å². The van der Waals surface area contributed by atoms with E-state index in [1.165, 1.54) is 0 Å². The van der Waals surface area contributed by atoms with Crippen molar-refractivity contribution in [3.63, 3.8) is 0 Å². The molecule has 0 aliphatic heterocycles. The van der Waals surface area contributed by atoms with Crippen LogP contribution in [0.15, 0.2) is 28.7 Å². The molecular weight excluding hydrogens is 268 g/mol. The normalized spacial score (nSPS) is 13.9. The molecule has 3 N–H and O–H groups in total. The van der Waals surface area contributed by atoms with Crippen LogP contribution in [-0.4, -0.2) is 8.42 Å². The molecule has 0 saturated heterocycles. The van der Waals surface area contributed by atoms with Crippen LogP contribution in [0.4, 0.5) is 0 Å². The molecule has 78 valence electrons. The van der Waals surface area contributed by atoms with Gasteiger partial charge in [0.25, 0.3) is 10.2 Å². The lowest BCUT2D eigenvalue weighted by molar-refractivity contribution is 0.568. The molecule has 1 aromatic rings. The fourth-order valence-electron chi connectivity index (χ4n) is 1.09. The monoisotopic (exact) mass is 278 g/mol. The Bertz CT molecular complexity index is 419. The third-order valence-electron chi connectivity index (χ3n) is 1.69. The second kappa shape index (κ2) is 4.39. The summed E-state index contributed by atoms with van der Waals surface area (Å²) in [6.45, 7) is 1.73. The Hall–Kier alpha value is -0.430. The van der Waals surface area contributed by atoms with Gasteiger partial charge in [-0.3, -0.25) is 0 Å². The van der Waals surface area contributed by atoms with Crippen LogP contribution in [0, 0.1) is 0 Å². The zero-order valence-corrected chi connectivity index (χ0v) is 9.97. The van der Waals surface area contributed by atoms with E-state index in [-0.39, 0.29) is 6.04 Å². The van der Waals surface area contributed by atoms with Gasteiger partial charge in [-0.2, -0.15) is 13.1 Å². The van der Waals surface area contributed by atoms with Gasteiger partial charge in [0, 0.05) is 10.5 Å². The molecular formula is C8H11BrN2O2S. The molecule has 0 saturated carbocycles. The van der Waals surface area contributed by atoms with Crippen LogP contribution in [0.5, 0.6) is 0 Å². The predicted molar refractivity (Wildman–Crippen MR) is 58.8 cm³/mol. The van der Waals surface area contributed by atoms with Gasteiger partial charge in [0.2, 0.25) is 0 Å². The lowest BCUT2D eigenvalue weighted by atomic mass is 10.1. The lowest BCUT2D eigenvalue weighted by Crippen LogP contribution is -2.32. The number of benzene rings is 1. The SMILES string of the molecule is C[C@H](NS(N)(=O)=O)c1cccc(Br)c1. The van der Waals surface area contributed by atoms with E-state index in [1.807, 2.05) is 24.3 Å². The molecule has 0 amide bonds. The molecule has 0 radical (unpaired) electrons. The number of nitrogens with one attached hydrogen (secondary N) is 1. The second-order valence-corrected chi connectivity index (χ2v) is 5.18. The van der Waals surface area contributed by atoms with E-state index in [0.717, 1.165) is 10.0 Å². The average Bonchev–Trinajstić information content (AvgIpc) is 2.01. The highest BCUT2D eigenvalue weighted by molar-refractivity contribution is 9.10. The van der Waals surface area contributed by atoms with Crippen molar-refractivity contribution < 1.29 is 8.42 Å². The van der Waals surface area contributed by atoms with Crippen LogP contribution in [0.2, 0.25) is 0 Å². The Morgan fingerprint density at radius 3 is 2.64 bits per heavy atom. The molecule has 6 heteroatoms. The standard InChI is InChI=1S/C8H11BrN2O2S/c1-6(11-14(10,12)13)7-3-2-4-8(9)5-7/h2-6,11H,1H3,(H2,10,12,13)/t6-/m0/s1.